The van der Waals surface area contributed by atoms with Gasteiger partial charge in [0, 0.05) is 16.2 Å². The number of aliphatic carboxylic acids is 1. The van der Waals surface area contributed by atoms with Crippen LogP contribution in [0.15, 0.2) is 60.7 Å². The van der Waals surface area contributed by atoms with Gasteiger partial charge in [0.1, 0.15) is 5.82 Å². The van der Waals surface area contributed by atoms with E-state index in [0.717, 1.165) is 33.5 Å². The highest BCUT2D eigenvalue weighted by atomic mass is 35.5. The van der Waals surface area contributed by atoms with E-state index in [4.69, 9.17) is 28.3 Å². The van der Waals surface area contributed by atoms with Crippen LogP contribution in [-0.2, 0) is 4.79 Å². The summed E-state index contributed by atoms with van der Waals surface area (Å²) in [6.07, 6.45) is 8.11. The molecule has 7 heteroatoms. The zero-order valence-corrected chi connectivity index (χ0v) is 21.2. The van der Waals surface area contributed by atoms with E-state index in [9.17, 15) is 9.18 Å². The number of carbonyl (C=O) groups is 1. The van der Waals surface area contributed by atoms with E-state index < -0.39 is 11.8 Å². The molecule has 1 unspecified atom stereocenters. The van der Waals surface area contributed by atoms with Gasteiger partial charge in [0.15, 0.2) is 0 Å². The van der Waals surface area contributed by atoms with Crippen LogP contribution in [0.25, 0.3) is 35.2 Å². The van der Waals surface area contributed by atoms with Crippen molar-refractivity contribution in [2.45, 2.75) is 11.7 Å². The maximum atomic E-state index is 13.7. The van der Waals surface area contributed by atoms with Crippen molar-refractivity contribution in [1.29, 1.82) is 0 Å². The van der Waals surface area contributed by atoms with Gasteiger partial charge in [-0.2, -0.15) is 0 Å². The Balaban J connectivity index is 1.49. The molecule has 3 nitrogen and oxygen atoms in total. The summed E-state index contributed by atoms with van der Waals surface area (Å²) in [5.74, 6) is -0.784. The maximum absolute atomic E-state index is 13.7. The average Bonchev–Trinajstić information content (AvgIpc) is 2.99. The standard InChI is InChI=1S/C29H20Cl2FNO2S/c30-21-7-10-23-19(14-21)5-4-18-3-1-17(13-24(18)29(23)36-12-11-28(34)35)2-8-22-9-6-20-15-26(32)25(31)16-27(20)33-22/h1-10,13-16,29H,11-12H2,(H,34,35)/b8-2+. The third kappa shape index (κ3) is 5.34. The van der Waals surface area contributed by atoms with Gasteiger partial charge in [-0.15, -0.1) is 11.8 Å². The molecule has 0 bridgehead atoms. The van der Waals surface area contributed by atoms with Crippen LogP contribution >= 0.6 is 35.0 Å². The van der Waals surface area contributed by atoms with Gasteiger partial charge in [0.2, 0.25) is 0 Å². The SMILES string of the molecule is O=C(O)CCSC1c2ccc(Cl)cc2C=Cc2ccc(/C=C/c3ccc4cc(F)c(Cl)cc4n3)cc21. The Hall–Kier alpha value is -3.12. The molecule has 0 amide bonds. The van der Waals surface area contributed by atoms with Gasteiger partial charge in [-0.1, -0.05) is 65.7 Å². The molecule has 0 fully saturated rings. The zero-order valence-electron chi connectivity index (χ0n) is 18.9. The van der Waals surface area contributed by atoms with Gasteiger partial charge >= 0.3 is 5.97 Å². The summed E-state index contributed by atoms with van der Waals surface area (Å²) in [7, 11) is 0. The highest BCUT2D eigenvalue weighted by molar-refractivity contribution is 7.99. The predicted octanol–water partition coefficient (Wildman–Crippen LogP) is 8.63. The third-order valence-electron chi connectivity index (χ3n) is 5.97. The van der Waals surface area contributed by atoms with Gasteiger partial charge in [-0.3, -0.25) is 4.79 Å². The second-order valence-corrected chi connectivity index (χ2v) is 10.5. The Kier molecular flexibility index (Phi) is 7.15. The van der Waals surface area contributed by atoms with Crippen molar-refractivity contribution in [2.75, 3.05) is 5.75 Å². The van der Waals surface area contributed by atoms with Crippen LogP contribution in [0.1, 0.15) is 45.2 Å². The molecule has 0 radical (unpaired) electrons. The van der Waals surface area contributed by atoms with Crippen molar-refractivity contribution in [2.24, 2.45) is 0 Å². The first-order valence-electron chi connectivity index (χ1n) is 11.3. The number of hydrogen-bond acceptors (Lipinski definition) is 3. The van der Waals surface area contributed by atoms with E-state index in [1.54, 1.807) is 11.8 Å². The molecule has 3 aromatic carbocycles. The lowest BCUT2D eigenvalue weighted by Gasteiger charge is -2.20. The fraction of sp³-hybridized carbons (Fsp3) is 0.103. The van der Waals surface area contributed by atoms with E-state index in [-0.39, 0.29) is 16.7 Å². The van der Waals surface area contributed by atoms with Crippen LogP contribution in [0.5, 0.6) is 0 Å². The van der Waals surface area contributed by atoms with E-state index in [2.05, 4.69) is 29.3 Å². The number of aromatic nitrogens is 1. The molecule has 4 aromatic rings. The molecule has 1 aliphatic carbocycles. The first kappa shape index (κ1) is 24.6. The van der Waals surface area contributed by atoms with Crippen molar-refractivity contribution in [3.05, 3.63) is 110 Å². The molecule has 5 rings (SSSR count). The number of nitrogens with zero attached hydrogens (tertiary/aromatic N) is 1. The Bertz CT molecular complexity index is 1550. The number of fused-ring (bicyclic) bond motifs is 3. The summed E-state index contributed by atoms with van der Waals surface area (Å²) in [6, 6.07) is 18.6. The molecule has 0 saturated heterocycles. The summed E-state index contributed by atoms with van der Waals surface area (Å²) < 4.78 is 13.7. The van der Waals surface area contributed by atoms with E-state index in [1.165, 1.54) is 12.1 Å². The second kappa shape index (κ2) is 10.5. The van der Waals surface area contributed by atoms with Crippen molar-refractivity contribution in [3.63, 3.8) is 0 Å². The van der Waals surface area contributed by atoms with E-state index in [0.29, 0.717) is 21.7 Å². The molecule has 0 saturated carbocycles. The minimum Gasteiger partial charge on any atom is -0.481 e. The smallest absolute Gasteiger partial charge is 0.304 e. The highest BCUT2D eigenvalue weighted by Crippen LogP contribution is 2.43. The van der Waals surface area contributed by atoms with Gasteiger partial charge in [-0.05, 0) is 70.3 Å². The quantitative estimate of drug-likeness (QED) is 0.268. The Labute approximate surface area is 222 Å². The van der Waals surface area contributed by atoms with E-state index in [1.807, 2.05) is 48.6 Å². The number of halogens is 3. The number of pyridine rings is 1. The first-order chi connectivity index (χ1) is 17.4. The number of benzene rings is 3. The number of carboxylic acid groups (broad SMARTS) is 1. The summed E-state index contributed by atoms with van der Waals surface area (Å²) in [6.45, 7) is 0. The number of carboxylic acids is 1. The lowest BCUT2D eigenvalue weighted by atomic mass is 9.97. The van der Waals surface area contributed by atoms with Crippen molar-refractivity contribution in [3.8, 4) is 0 Å². The molecule has 1 heterocycles. The van der Waals surface area contributed by atoms with Crippen LogP contribution < -0.4 is 0 Å². The molecule has 0 spiro atoms. The van der Waals surface area contributed by atoms with Gasteiger partial charge in [0.25, 0.3) is 0 Å². The molecule has 36 heavy (non-hydrogen) atoms. The summed E-state index contributed by atoms with van der Waals surface area (Å²) in [4.78, 5) is 15.7. The normalized spacial score (nSPS) is 14.6. The number of rotatable bonds is 6. The molecule has 1 atom stereocenters. The lowest BCUT2D eigenvalue weighted by molar-refractivity contribution is -0.136. The Morgan fingerprint density at radius 2 is 1.81 bits per heavy atom. The highest BCUT2D eigenvalue weighted by Gasteiger charge is 2.23. The molecule has 1 aliphatic rings. The molecular formula is C29H20Cl2FNO2S. The maximum Gasteiger partial charge on any atom is 0.304 e. The molecule has 1 aromatic heterocycles. The fourth-order valence-corrected chi connectivity index (χ4v) is 5.85. The molecular weight excluding hydrogens is 516 g/mol. The largest absolute Gasteiger partial charge is 0.481 e. The first-order valence-corrected chi connectivity index (χ1v) is 13.1. The zero-order chi connectivity index (χ0) is 25.2. The fourth-order valence-electron chi connectivity index (χ4n) is 4.20. The van der Waals surface area contributed by atoms with Crippen LogP contribution in [0.2, 0.25) is 10.0 Å². The van der Waals surface area contributed by atoms with Gasteiger partial charge in [-0.25, -0.2) is 9.37 Å². The van der Waals surface area contributed by atoms with Crippen molar-refractivity contribution < 1.29 is 14.3 Å². The Morgan fingerprint density at radius 1 is 0.972 bits per heavy atom. The second-order valence-electron chi connectivity index (χ2n) is 8.42. The average molecular weight is 536 g/mol. The minimum absolute atomic E-state index is 0.0363. The molecule has 180 valence electrons. The van der Waals surface area contributed by atoms with Crippen LogP contribution in [0, 0.1) is 5.82 Å². The number of thioether (sulfide) groups is 1. The van der Waals surface area contributed by atoms with Crippen LogP contribution in [-0.4, -0.2) is 21.8 Å². The summed E-state index contributed by atoms with van der Waals surface area (Å²) >= 11 is 13.8. The van der Waals surface area contributed by atoms with Crippen LogP contribution in [0.3, 0.4) is 0 Å². The predicted molar refractivity (Wildman–Crippen MR) is 149 cm³/mol. The Morgan fingerprint density at radius 3 is 2.64 bits per heavy atom. The van der Waals surface area contributed by atoms with Crippen molar-refractivity contribution in [1.82, 2.24) is 4.98 Å². The third-order valence-corrected chi connectivity index (χ3v) is 7.77. The number of hydrogen-bond donors (Lipinski definition) is 1. The van der Waals surface area contributed by atoms with Gasteiger partial charge < -0.3 is 5.11 Å². The molecule has 0 aliphatic heterocycles. The molecule has 1 N–H and O–H groups in total. The minimum atomic E-state index is -0.811. The summed E-state index contributed by atoms with van der Waals surface area (Å²) in [5, 5.41) is 10.5. The monoisotopic (exact) mass is 535 g/mol. The summed E-state index contributed by atoms with van der Waals surface area (Å²) in [5.41, 5.74) is 6.66. The van der Waals surface area contributed by atoms with Crippen molar-refractivity contribution >= 4 is 76.1 Å². The van der Waals surface area contributed by atoms with Crippen LogP contribution in [0.4, 0.5) is 4.39 Å². The topological polar surface area (TPSA) is 50.2 Å². The van der Waals surface area contributed by atoms with E-state index >= 15 is 0 Å². The van der Waals surface area contributed by atoms with Gasteiger partial charge in [0.05, 0.1) is 27.9 Å². The lowest BCUT2D eigenvalue weighted by Crippen LogP contribution is -2.04.